The zero-order chi connectivity index (χ0) is 25.4. The van der Waals surface area contributed by atoms with Crippen LogP contribution in [0, 0.1) is 0 Å². The molecule has 0 N–H and O–H groups in total. The molecule has 0 unspecified atom stereocenters. The zero-order valence-electron chi connectivity index (χ0n) is 21.1. The predicted molar refractivity (Wildman–Crippen MR) is 125 cm³/mol. The van der Waals surface area contributed by atoms with Crippen molar-refractivity contribution < 1.29 is 37.0 Å². The lowest BCUT2D eigenvalue weighted by Crippen LogP contribution is -2.56. The second kappa shape index (κ2) is 12.7. The van der Waals surface area contributed by atoms with E-state index in [0.717, 1.165) is 89.9 Å². The van der Waals surface area contributed by atoms with Gasteiger partial charge in [0, 0.05) is 18.0 Å². The van der Waals surface area contributed by atoms with Crippen molar-refractivity contribution in [1.82, 2.24) is 4.90 Å². The predicted octanol–water partition coefficient (Wildman–Crippen LogP) is 6.06. The van der Waals surface area contributed by atoms with Crippen LogP contribution in [0.3, 0.4) is 0 Å². The molecule has 0 aromatic carbocycles. The molecule has 6 nitrogen and oxygen atoms in total. The molecule has 202 valence electrons. The maximum absolute atomic E-state index is 12.5. The normalized spacial score (nSPS) is 26.1. The van der Waals surface area contributed by atoms with Crippen molar-refractivity contribution in [3.8, 4) is 0 Å². The van der Waals surface area contributed by atoms with E-state index in [2.05, 4.69) is 16.6 Å². The van der Waals surface area contributed by atoms with Gasteiger partial charge in [-0.1, -0.05) is 39.0 Å². The first-order chi connectivity index (χ1) is 16.7. The van der Waals surface area contributed by atoms with Crippen molar-refractivity contribution >= 4 is 11.9 Å². The molecule has 2 saturated heterocycles. The molecular formula is C26H42F3NO5. The van der Waals surface area contributed by atoms with E-state index in [1.807, 2.05) is 0 Å². The molecule has 3 rings (SSSR count). The molecule has 2 atom stereocenters. The number of halogens is 3. The first kappa shape index (κ1) is 28.2. The molecule has 35 heavy (non-hydrogen) atoms. The first-order valence-electron chi connectivity index (χ1n) is 13.5. The van der Waals surface area contributed by atoms with E-state index in [0.29, 0.717) is 19.6 Å². The fraction of sp³-hybridized carbons (Fsp3) is 0.923. The lowest BCUT2D eigenvalue weighted by atomic mass is 9.86. The van der Waals surface area contributed by atoms with Crippen LogP contribution in [0.25, 0.3) is 0 Å². The summed E-state index contributed by atoms with van der Waals surface area (Å²) in [5.74, 6) is -0.908. The van der Waals surface area contributed by atoms with Crippen LogP contribution in [-0.4, -0.2) is 60.1 Å². The molecule has 0 amide bonds. The smallest absolute Gasteiger partial charge is 0.422 e. The summed E-state index contributed by atoms with van der Waals surface area (Å²) in [6, 6.07) is -0.144. The van der Waals surface area contributed by atoms with E-state index in [4.69, 9.17) is 9.47 Å². The van der Waals surface area contributed by atoms with Crippen LogP contribution in [0.2, 0.25) is 0 Å². The van der Waals surface area contributed by atoms with Gasteiger partial charge >= 0.3 is 18.1 Å². The van der Waals surface area contributed by atoms with Gasteiger partial charge in [0.1, 0.15) is 5.72 Å². The molecule has 3 aliphatic rings. The van der Waals surface area contributed by atoms with Gasteiger partial charge < -0.3 is 14.2 Å². The number of hydrogen-bond acceptors (Lipinski definition) is 6. The average molecular weight is 506 g/mol. The van der Waals surface area contributed by atoms with Gasteiger partial charge in [-0.25, -0.2) is 0 Å². The summed E-state index contributed by atoms with van der Waals surface area (Å²) in [5, 5.41) is 0. The fourth-order valence-corrected chi connectivity index (χ4v) is 6.21. The van der Waals surface area contributed by atoms with Gasteiger partial charge in [0.15, 0.2) is 6.61 Å². The van der Waals surface area contributed by atoms with Gasteiger partial charge in [-0.15, -0.1) is 0 Å². The quantitative estimate of drug-likeness (QED) is 0.224. The van der Waals surface area contributed by atoms with E-state index < -0.39 is 24.5 Å². The van der Waals surface area contributed by atoms with Gasteiger partial charge in [0.25, 0.3) is 0 Å². The molecule has 2 aliphatic heterocycles. The second-order valence-electron chi connectivity index (χ2n) is 10.6. The Morgan fingerprint density at radius 2 is 1.71 bits per heavy atom. The highest BCUT2D eigenvalue weighted by atomic mass is 19.4. The van der Waals surface area contributed by atoms with E-state index in [1.165, 1.54) is 0 Å². The largest absolute Gasteiger partial charge is 0.466 e. The van der Waals surface area contributed by atoms with Crippen molar-refractivity contribution in [3.63, 3.8) is 0 Å². The molecule has 9 heteroatoms. The second-order valence-corrected chi connectivity index (χ2v) is 10.6. The SMILES string of the molecule is CCCCOC(=O)CCCCCC[C@]12CC[C@H](CC(=O)OCC(F)(F)F)N1C1(CCCCC1)OC2. The Bertz CT molecular complexity index is 695. The summed E-state index contributed by atoms with van der Waals surface area (Å²) >= 11 is 0. The first-order valence-corrected chi connectivity index (χ1v) is 13.5. The van der Waals surface area contributed by atoms with Crippen LogP contribution in [0.15, 0.2) is 0 Å². The Balaban J connectivity index is 1.51. The van der Waals surface area contributed by atoms with Crippen molar-refractivity contribution in [2.45, 2.75) is 133 Å². The average Bonchev–Trinajstić information content (AvgIpc) is 3.32. The summed E-state index contributed by atoms with van der Waals surface area (Å²) in [6.07, 6.45) is 9.27. The minimum atomic E-state index is -4.51. The number of fused-ring (bicyclic) bond motifs is 2. The van der Waals surface area contributed by atoms with Crippen molar-refractivity contribution in [3.05, 3.63) is 0 Å². The number of hydrogen-bond donors (Lipinski definition) is 0. The van der Waals surface area contributed by atoms with Crippen LogP contribution < -0.4 is 0 Å². The summed E-state index contributed by atoms with van der Waals surface area (Å²) in [4.78, 5) is 26.4. The number of carbonyl (C=O) groups is 2. The van der Waals surface area contributed by atoms with E-state index in [9.17, 15) is 22.8 Å². The van der Waals surface area contributed by atoms with Crippen LogP contribution in [0.5, 0.6) is 0 Å². The summed E-state index contributed by atoms with van der Waals surface area (Å²) in [5.41, 5.74) is -0.558. The van der Waals surface area contributed by atoms with E-state index in [-0.39, 0.29) is 24.0 Å². The van der Waals surface area contributed by atoms with E-state index in [1.54, 1.807) is 0 Å². The highest BCUT2D eigenvalue weighted by Gasteiger charge is 2.61. The van der Waals surface area contributed by atoms with Crippen LogP contribution in [-0.2, 0) is 23.8 Å². The highest BCUT2D eigenvalue weighted by molar-refractivity contribution is 5.70. The molecule has 1 spiro atoms. The lowest BCUT2D eigenvalue weighted by Gasteiger charge is -2.46. The Kier molecular flexibility index (Phi) is 10.3. The fourth-order valence-electron chi connectivity index (χ4n) is 6.21. The molecule has 0 radical (unpaired) electrons. The van der Waals surface area contributed by atoms with Crippen molar-refractivity contribution in [1.29, 1.82) is 0 Å². The number of carbonyl (C=O) groups excluding carboxylic acids is 2. The van der Waals surface area contributed by atoms with E-state index >= 15 is 0 Å². The van der Waals surface area contributed by atoms with Crippen LogP contribution in [0.4, 0.5) is 13.2 Å². The molecule has 2 heterocycles. The Hall–Kier alpha value is -1.35. The molecular weight excluding hydrogens is 463 g/mol. The van der Waals surface area contributed by atoms with Crippen molar-refractivity contribution in [2.24, 2.45) is 0 Å². The summed E-state index contributed by atoms with van der Waals surface area (Å²) in [7, 11) is 0. The Morgan fingerprint density at radius 1 is 0.971 bits per heavy atom. The topological polar surface area (TPSA) is 65.1 Å². The Morgan fingerprint density at radius 3 is 2.43 bits per heavy atom. The van der Waals surface area contributed by atoms with Crippen LogP contribution in [0.1, 0.15) is 110 Å². The minimum absolute atomic E-state index is 0.0247. The van der Waals surface area contributed by atoms with Crippen LogP contribution >= 0.6 is 0 Å². The summed E-state index contributed by atoms with van der Waals surface area (Å²) in [6.45, 7) is 1.65. The molecule has 1 saturated carbocycles. The number of esters is 2. The van der Waals surface area contributed by atoms with Gasteiger partial charge in [-0.3, -0.25) is 14.5 Å². The number of rotatable bonds is 13. The van der Waals surface area contributed by atoms with Gasteiger partial charge in [-0.05, 0) is 57.8 Å². The monoisotopic (exact) mass is 505 g/mol. The molecule has 0 aromatic heterocycles. The van der Waals surface area contributed by atoms with Gasteiger partial charge in [0.05, 0.1) is 19.6 Å². The third-order valence-corrected chi connectivity index (χ3v) is 7.84. The van der Waals surface area contributed by atoms with Crippen molar-refractivity contribution in [2.75, 3.05) is 19.8 Å². The molecule has 3 fully saturated rings. The zero-order valence-corrected chi connectivity index (χ0v) is 21.1. The summed E-state index contributed by atoms with van der Waals surface area (Å²) < 4.78 is 53.7. The lowest BCUT2D eigenvalue weighted by molar-refractivity contribution is -0.188. The highest BCUT2D eigenvalue weighted by Crippen LogP contribution is 2.54. The standard InChI is InChI=1S/C26H42F3NO5/c1-2-3-17-33-22(31)11-7-4-5-8-13-24-16-12-21(18-23(32)34-20-26(27,28)29)30(24)25(35-19-24)14-9-6-10-15-25/h21H,2-20H2,1H3/t21-,24-/m1/s1. The number of unbranched alkanes of at least 4 members (excludes halogenated alkanes) is 4. The number of alkyl halides is 3. The third-order valence-electron chi connectivity index (χ3n) is 7.84. The van der Waals surface area contributed by atoms with Gasteiger partial charge in [-0.2, -0.15) is 13.2 Å². The maximum Gasteiger partial charge on any atom is 0.422 e. The maximum atomic E-state index is 12.5. The molecule has 1 aliphatic carbocycles. The molecule has 0 aromatic rings. The number of ether oxygens (including phenoxy) is 3. The third kappa shape index (κ3) is 7.81. The number of nitrogens with zero attached hydrogens (tertiary/aromatic N) is 1. The minimum Gasteiger partial charge on any atom is -0.466 e. The molecule has 0 bridgehead atoms. The Labute approximate surface area is 207 Å². The van der Waals surface area contributed by atoms with Gasteiger partial charge in [0.2, 0.25) is 0 Å².